The minimum absolute atomic E-state index is 0.368. The van der Waals surface area contributed by atoms with E-state index in [0.717, 1.165) is 37.6 Å². The number of hydrogen-bond acceptors (Lipinski definition) is 3. The summed E-state index contributed by atoms with van der Waals surface area (Å²) in [6.07, 6.45) is 2.10. The number of benzene rings is 1. The van der Waals surface area contributed by atoms with Gasteiger partial charge in [-0.3, -0.25) is 0 Å². The van der Waals surface area contributed by atoms with Crippen LogP contribution in [0, 0.1) is 5.92 Å². The Morgan fingerprint density at radius 2 is 1.94 bits per heavy atom. The first-order valence-corrected chi connectivity index (χ1v) is 6.83. The molecule has 1 aliphatic rings. The van der Waals surface area contributed by atoms with Crippen molar-refractivity contribution in [1.29, 1.82) is 0 Å². The van der Waals surface area contributed by atoms with Gasteiger partial charge in [-0.15, -0.1) is 0 Å². The Bertz CT molecular complexity index is 392. The maximum Gasteiger partial charge on any atom is 0.161 e. The molecule has 3 nitrogen and oxygen atoms in total. The molecule has 18 heavy (non-hydrogen) atoms. The largest absolute Gasteiger partial charge is 0.490 e. The second-order valence-corrected chi connectivity index (χ2v) is 4.91. The molecule has 0 amide bonds. The SMILES string of the molecule is CCC(C)C(NC)c1ccc2c(c1)OCCCO2. The fourth-order valence-corrected chi connectivity index (χ4v) is 2.39. The van der Waals surface area contributed by atoms with E-state index in [9.17, 15) is 0 Å². The Labute approximate surface area is 109 Å². The predicted octanol–water partition coefficient (Wildman–Crippen LogP) is 3.15. The van der Waals surface area contributed by atoms with Crippen LogP contribution in [0.15, 0.2) is 18.2 Å². The summed E-state index contributed by atoms with van der Waals surface area (Å²) in [6, 6.07) is 6.66. The van der Waals surface area contributed by atoms with E-state index in [1.54, 1.807) is 0 Å². The van der Waals surface area contributed by atoms with Crippen LogP contribution in [0.5, 0.6) is 11.5 Å². The van der Waals surface area contributed by atoms with Crippen LogP contribution in [0.25, 0.3) is 0 Å². The van der Waals surface area contributed by atoms with Gasteiger partial charge in [0.15, 0.2) is 11.5 Å². The third-order valence-electron chi connectivity index (χ3n) is 3.65. The first-order chi connectivity index (χ1) is 8.76. The van der Waals surface area contributed by atoms with Crippen molar-refractivity contribution in [3.05, 3.63) is 23.8 Å². The van der Waals surface area contributed by atoms with Gasteiger partial charge in [0.05, 0.1) is 13.2 Å². The minimum atomic E-state index is 0.368. The maximum absolute atomic E-state index is 5.74. The minimum Gasteiger partial charge on any atom is -0.490 e. The Morgan fingerprint density at radius 3 is 2.61 bits per heavy atom. The molecule has 1 aromatic rings. The summed E-state index contributed by atoms with van der Waals surface area (Å²) in [7, 11) is 2.01. The average molecular weight is 249 g/mol. The summed E-state index contributed by atoms with van der Waals surface area (Å²) < 4.78 is 11.4. The van der Waals surface area contributed by atoms with Crippen molar-refractivity contribution in [3.8, 4) is 11.5 Å². The molecule has 0 radical (unpaired) electrons. The van der Waals surface area contributed by atoms with Crippen LogP contribution in [0.3, 0.4) is 0 Å². The van der Waals surface area contributed by atoms with Gasteiger partial charge in [-0.1, -0.05) is 26.3 Å². The monoisotopic (exact) mass is 249 g/mol. The Balaban J connectivity index is 2.26. The first-order valence-electron chi connectivity index (χ1n) is 6.83. The van der Waals surface area contributed by atoms with Gasteiger partial charge in [0.1, 0.15) is 0 Å². The topological polar surface area (TPSA) is 30.5 Å². The standard InChI is InChI=1S/C15H23NO2/c1-4-11(2)15(16-3)12-6-7-13-14(10-12)18-9-5-8-17-13/h6-7,10-11,15-16H,4-5,8-9H2,1-3H3. The number of nitrogens with one attached hydrogen (secondary N) is 1. The summed E-state index contributed by atoms with van der Waals surface area (Å²) in [4.78, 5) is 0. The van der Waals surface area contributed by atoms with E-state index in [1.807, 2.05) is 13.1 Å². The van der Waals surface area contributed by atoms with Gasteiger partial charge in [0, 0.05) is 12.5 Å². The molecule has 1 aromatic carbocycles. The zero-order valence-electron chi connectivity index (χ0n) is 11.5. The lowest BCUT2D eigenvalue weighted by atomic mass is 9.92. The zero-order chi connectivity index (χ0) is 13.0. The molecule has 2 rings (SSSR count). The van der Waals surface area contributed by atoms with Gasteiger partial charge in [-0.25, -0.2) is 0 Å². The van der Waals surface area contributed by atoms with Crippen molar-refractivity contribution in [3.63, 3.8) is 0 Å². The normalized spacial score (nSPS) is 17.9. The maximum atomic E-state index is 5.74. The molecule has 0 bridgehead atoms. The Morgan fingerprint density at radius 1 is 1.22 bits per heavy atom. The van der Waals surface area contributed by atoms with Gasteiger partial charge in [0.2, 0.25) is 0 Å². The smallest absolute Gasteiger partial charge is 0.161 e. The molecule has 0 aromatic heterocycles. The van der Waals surface area contributed by atoms with Crippen molar-refractivity contribution in [2.75, 3.05) is 20.3 Å². The van der Waals surface area contributed by atoms with Gasteiger partial charge in [-0.2, -0.15) is 0 Å². The van der Waals surface area contributed by atoms with E-state index in [2.05, 4.69) is 31.3 Å². The molecule has 100 valence electrons. The van der Waals surface area contributed by atoms with Crippen LogP contribution in [-0.4, -0.2) is 20.3 Å². The van der Waals surface area contributed by atoms with E-state index in [-0.39, 0.29) is 0 Å². The second-order valence-electron chi connectivity index (χ2n) is 4.91. The van der Waals surface area contributed by atoms with Crippen molar-refractivity contribution < 1.29 is 9.47 Å². The number of rotatable bonds is 4. The summed E-state index contributed by atoms with van der Waals surface area (Å²) in [6.45, 7) is 5.97. The molecule has 1 N–H and O–H groups in total. The molecule has 0 fully saturated rings. The molecule has 1 aliphatic heterocycles. The zero-order valence-corrected chi connectivity index (χ0v) is 11.5. The molecule has 1 heterocycles. The van der Waals surface area contributed by atoms with Crippen LogP contribution in [0.4, 0.5) is 0 Å². The molecule has 0 spiro atoms. The van der Waals surface area contributed by atoms with Crippen LogP contribution < -0.4 is 14.8 Å². The summed E-state index contributed by atoms with van der Waals surface area (Å²) >= 11 is 0. The third-order valence-corrected chi connectivity index (χ3v) is 3.65. The molecule has 3 heteroatoms. The van der Waals surface area contributed by atoms with Crippen molar-refractivity contribution in [2.24, 2.45) is 5.92 Å². The van der Waals surface area contributed by atoms with E-state index in [4.69, 9.17) is 9.47 Å². The van der Waals surface area contributed by atoms with E-state index in [0.29, 0.717) is 12.0 Å². The lowest BCUT2D eigenvalue weighted by molar-refractivity contribution is 0.296. The molecule has 0 aliphatic carbocycles. The fraction of sp³-hybridized carbons (Fsp3) is 0.600. The predicted molar refractivity (Wildman–Crippen MR) is 73.3 cm³/mol. The molecule has 0 saturated carbocycles. The average Bonchev–Trinajstić information content (AvgIpc) is 2.64. The Hall–Kier alpha value is -1.22. The molecule has 2 unspecified atom stereocenters. The molecular formula is C15H23NO2. The highest BCUT2D eigenvalue weighted by Gasteiger charge is 2.19. The third kappa shape index (κ3) is 2.78. The highest BCUT2D eigenvalue weighted by atomic mass is 16.5. The van der Waals surface area contributed by atoms with Crippen molar-refractivity contribution in [2.45, 2.75) is 32.7 Å². The van der Waals surface area contributed by atoms with E-state index in [1.165, 1.54) is 5.56 Å². The van der Waals surface area contributed by atoms with Gasteiger partial charge >= 0.3 is 0 Å². The lowest BCUT2D eigenvalue weighted by Crippen LogP contribution is -2.23. The summed E-state index contributed by atoms with van der Waals surface area (Å²) in [5.74, 6) is 2.35. The molecular weight excluding hydrogens is 226 g/mol. The van der Waals surface area contributed by atoms with E-state index >= 15 is 0 Å². The first kappa shape index (κ1) is 13.2. The lowest BCUT2D eigenvalue weighted by Gasteiger charge is -2.23. The van der Waals surface area contributed by atoms with Crippen LogP contribution >= 0.6 is 0 Å². The quantitative estimate of drug-likeness (QED) is 0.889. The highest BCUT2D eigenvalue weighted by Crippen LogP contribution is 2.34. The van der Waals surface area contributed by atoms with Gasteiger partial charge < -0.3 is 14.8 Å². The Kier molecular flexibility index (Phi) is 4.48. The summed E-state index contributed by atoms with van der Waals surface area (Å²) in [5.41, 5.74) is 1.27. The summed E-state index contributed by atoms with van der Waals surface area (Å²) in [5, 5.41) is 3.40. The van der Waals surface area contributed by atoms with Gasteiger partial charge in [0.25, 0.3) is 0 Å². The van der Waals surface area contributed by atoms with Crippen molar-refractivity contribution in [1.82, 2.24) is 5.32 Å². The second kappa shape index (κ2) is 6.10. The van der Waals surface area contributed by atoms with Crippen LogP contribution in [0.1, 0.15) is 38.3 Å². The van der Waals surface area contributed by atoms with Crippen LogP contribution in [0.2, 0.25) is 0 Å². The fourth-order valence-electron chi connectivity index (χ4n) is 2.39. The molecule has 0 saturated heterocycles. The highest BCUT2D eigenvalue weighted by molar-refractivity contribution is 5.44. The van der Waals surface area contributed by atoms with Gasteiger partial charge in [-0.05, 0) is 30.7 Å². The number of fused-ring (bicyclic) bond motifs is 1. The number of ether oxygens (including phenoxy) is 2. The van der Waals surface area contributed by atoms with Crippen molar-refractivity contribution >= 4 is 0 Å². The number of hydrogen-bond donors (Lipinski definition) is 1. The van der Waals surface area contributed by atoms with Crippen LogP contribution in [-0.2, 0) is 0 Å². The molecule has 2 atom stereocenters. The van der Waals surface area contributed by atoms with E-state index < -0.39 is 0 Å².